The minimum absolute atomic E-state index is 0. The van der Waals surface area contributed by atoms with E-state index in [0.29, 0.717) is 0 Å². The van der Waals surface area contributed by atoms with Gasteiger partial charge in [-0.3, -0.25) is 0 Å². The standard InChI is InChI=1S/C2H6O.Sb.3H/c1-2-3;;;;/h3H,2H2,1H3;;;;. The Kier molecular flexibility index (Phi) is 20.4. The van der Waals surface area contributed by atoms with Gasteiger partial charge in [-0.2, -0.15) is 0 Å². The molecular formula is C2H9OSb. The van der Waals surface area contributed by atoms with Gasteiger partial charge in [-0.15, -0.1) is 0 Å². The Morgan fingerprint density at radius 1 is 1.75 bits per heavy atom. The molecule has 2 heteroatoms. The zero-order valence-electron chi connectivity index (χ0n) is 2.86. The molecule has 0 atom stereocenters. The SMILES string of the molecule is CCO.[SbH3]. The molecule has 0 aromatic carbocycles. The van der Waals surface area contributed by atoms with Crippen molar-refractivity contribution in [2.24, 2.45) is 0 Å². The van der Waals surface area contributed by atoms with Crippen LogP contribution in [-0.4, -0.2) is 36.1 Å². The van der Waals surface area contributed by atoms with Crippen LogP contribution >= 0.6 is 0 Å². The minimum atomic E-state index is 0. The van der Waals surface area contributed by atoms with Gasteiger partial charge in [0.1, 0.15) is 0 Å². The summed E-state index contributed by atoms with van der Waals surface area (Å²) >= 11 is 0. The summed E-state index contributed by atoms with van der Waals surface area (Å²) in [5, 5.41) is 7.57. The first kappa shape index (κ1) is 8.84. The van der Waals surface area contributed by atoms with Crippen molar-refractivity contribution >= 4 is 24.4 Å². The van der Waals surface area contributed by atoms with Crippen LogP contribution in [0, 0.1) is 0 Å². The summed E-state index contributed by atoms with van der Waals surface area (Å²) in [6.07, 6.45) is 0. The summed E-state index contributed by atoms with van der Waals surface area (Å²) in [5.41, 5.74) is 0. The van der Waals surface area contributed by atoms with Crippen molar-refractivity contribution in [3.8, 4) is 0 Å². The number of aliphatic hydroxyl groups excluding tert-OH is 1. The van der Waals surface area contributed by atoms with Crippen molar-refractivity contribution in [3.63, 3.8) is 0 Å². The molecule has 0 rings (SSSR count). The van der Waals surface area contributed by atoms with Gasteiger partial charge in [-0.05, 0) is 6.92 Å². The van der Waals surface area contributed by atoms with Crippen LogP contribution in [0.15, 0.2) is 0 Å². The Hall–Kier alpha value is 0.778. The molecule has 1 nitrogen and oxygen atoms in total. The van der Waals surface area contributed by atoms with Gasteiger partial charge in [0.2, 0.25) is 0 Å². The predicted octanol–water partition coefficient (Wildman–Crippen LogP) is -1.19. The van der Waals surface area contributed by atoms with Crippen molar-refractivity contribution in [2.75, 3.05) is 6.61 Å². The second-order valence-electron chi connectivity index (χ2n) is 0.316. The van der Waals surface area contributed by atoms with Crippen LogP contribution in [0.2, 0.25) is 0 Å². The van der Waals surface area contributed by atoms with E-state index in [1.807, 2.05) is 0 Å². The molecule has 0 amide bonds. The molecule has 0 bridgehead atoms. The van der Waals surface area contributed by atoms with E-state index in [-0.39, 0.29) is 31.0 Å². The normalized spacial score (nSPS) is 4.50. The van der Waals surface area contributed by atoms with E-state index in [1.54, 1.807) is 6.92 Å². The van der Waals surface area contributed by atoms with E-state index in [4.69, 9.17) is 5.11 Å². The van der Waals surface area contributed by atoms with Crippen molar-refractivity contribution < 1.29 is 5.11 Å². The summed E-state index contributed by atoms with van der Waals surface area (Å²) in [6.45, 7) is 1.93. The second kappa shape index (κ2) is 9.22. The maximum absolute atomic E-state index is 7.57. The Balaban J connectivity index is 0. The van der Waals surface area contributed by atoms with E-state index >= 15 is 0 Å². The molecule has 0 aliphatic rings. The monoisotopic (exact) mass is 170 g/mol. The van der Waals surface area contributed by atoms with E-state index in [9.17, 15) is 0 Å². The Labute approximate surface area is 43.5 Å². The van der Waals surface area contributed by atoms with Crippen molar-refractivity contribution in [2.45, 2.75) is 6.92 Å². The topological polar surface area (TPSA) is 20.2 Å². The van der Waals surface area contributed by atoms with Crippen LogP contribution in [-0.2, 0) is 0 Å². The van der Waals surface area contributed by atoms with Crippen LogP contribution in [0.5, 0.6) is 0 Å². The molecule has 0 aromatic rings. The molecule has 0 heterocycles. The Bertz CT molecular complexity index is 6.00. The van der Waals surface area contributed by atoms with E-state index < -0.39 is 0 Å². The summed E-state index contributed by atoms with van der Waals surface area (Å²) in [6, 6.07) is 0. The zero-order valence-corrected chi connectivity index (χ0v) is 6.90. The fourth-order valence-electron chi connectivity index (χ4n) is 0. The molecule has 4 heavy (non-hydrogen) atoms. The summed E-state index contributed by atoms with van der Waals surface area (Å²) in [5.74, 6) is 0. The van der Waals surface area contributed by atoms with Gasteiger partial charge in [0.25, 0.3) is 0 Å². The molecule has 0 aliphatic heterocycles. The van der Waals surface area contributed by atoms with Gasteiger partial charge < -0.3 is 5.11 Å². The molecule has 0 fully saturated rings. The first-order valence-electron chi connectivity index (χ1n) is 1.02. The summed E-state index contributed by atoms with van der Waals surface area (Å²) in [4.78, 5) is 0. The van der Waals surface area contributed by atoms with Crippen LogP contribution < -0.4 is 0 Å². The molecule has 0 unspecified atom stereocenters. The molecule has 0 radical (unpaired) electrons. The Morgan fingerprint density at radius 3 is 1.75 bits per heavy atom. The molecule has 0 saturated heterocycles. The summed E-state index contributed by atoms with van der Waals surface area (Å²) in [7, 11) is 0. The van der Waals surface area contributed by atoms with Gasteiger partial charge in [-0.25, -0.2) is 0 Å². The van der Waals surface area contributed by atoms with Crippen LogP contribution in [0.3, 0.4) is 0 Å². The fourth-order valence-corrected chi connectivity index (χ4v) is 0. The van der Waals surface area contributed by atoms with Gasteiger partial charge in [0, 0.05) is 6.61 Å². The van der Waals surface area contributed by atoms with Gasteiger partial charge >= 0.3 is 24.4 Å². The third-order valence-corrected chi connectivity index (χ3v) is 0. The predicted molar refractivity (Wildman–Crippen MR) is 22.7 cm³/mol. The molecule has 0 aliphatic carbocycles. The molecular weight excluding hydrogens is 162 g/mol. The first-order chi connectivity index (χ1) is 1.41. The van der Waals surface area contributed by atoms with Crippen LogP contribution in [0.25, 0.3) is 0 Å². The van der Waals surface area contributed by atoms with Crippen LogP contribution in [0.1, 0.15) is 6.92 Å². The van der Waals surface area contributed by atoms with Crippen LogP contribution in [0.4, 0.5) is 0 Å². The van der Waals surface area contributed by atoms with Crippen molar-refractivity contribution in [1.82, 2.24) is 0 Å². The second-order valence-corrected chi connectivity index (χ2v) is 0.316. The number of hydrogen-bond acceptors (Lipinski definition) is 1. The number of aliphatic hydroxyl groups is 1. The van der Waals surface area contributed by atoms with Gasteiger partial charge in [0.05, 0.1) is 0 Å². The zero-order chi connectivity index (χ0) is 2.71. The van der Waals surface area contributed by atoms with Crippen molar-refractivity contribution in [3.05, 3.63) is 0 Å². The number of rotatable bonds is 0. The van der Waals surface area contributed by atoms with E-state index in [2.05, 4.69) is 0 Å². The molecule has 1 N–H and O–H groups in total. The third-order valence-electron chi connectivity index (χ3n) is 0. The quantitative estimate of drug-likeness (QED) is 0.454. The first-order valence-corrected chi connectivity index (χ1v) is 1.02. The fraction of sp³-hybridized carbons (Fsp3) is 1.00. The third kappa shape index (κ3) is 14.5. The molecule has 0 saturated carbocycles. The van der Waals surface area contributed by atoms with E-state index in [1.165, 1.54) is 0 Å². The molecule has 0 aromatic heterocycles. The maximum atomic E-state index is 7.57. The molecule has 0 spiro atoms. The van der Waals surface area contributed by atoms with Gasteiger partial charge in [-0.1, -0.05) is 0 Å². The number of hydrogen-bond donors (Lipinski definition) is 1. The molecule has 28 valence electrons. The van der Waals surface area contributed by atoms with Crippen molar-refractivity contribution in [1.29, 1.82) is 0 Å². The Morgan fingerprint density at radius 2 is 1.75 bits per heavy atom. The van der Waals surface area contributed by atoms with Gasteiger partial charge in [0.15, 0.2) is 0 Å². The summed E-state index contributed by atoms with van der Waals surface area (Å²) < 4.78 is 0. The average molecular weight is 171 g/mol. The van der Waals surface area contributed by atoms with E-state index in [0.717, 1.165) is 0 Å². The average Bonchev–Trinajstić information content (AvgIpc) is 0.918.